The Labute approximate surface area is 144 Å². The molecule has 0 heterocycles. The molecular weight excluding hydrogens is 324 g/mol. The third kappa shape index (κ3) is 6.21. The number of aldehydes is 1. The van der Waals surface area contributed by atoms with Crippen LogP contribution in [0.3, 0.4) is 0 Å². The molecule has 0 bridgehead atoms. The third-order valence-corrected chi connectivity index (χ3v) is 4.60. The molecule has 0 aromatic heterocycles. The first-order valence-electron chi connectivity index (χ1n) is 7.84. The summed E-state index contributed by atoms with van der Waals surface area (Å²) in [5.74, 6) is 0.640. The van der Waals surface area contributed by atoms with Crippen molar-refractivity contribution < 1.29 is 18.4 Å². The number of hydrogen-bond donors (Lipinski definition) is 0. The molecule has 0 atom stereocenters. The molecule has 0 N–H and O–H groups in total. The van der Waals surface area contributed by atoms with Gasteiger partial charge in [0.05, 0.1) is 12.2 Å². The monoisotopic (exact) mass is 350 g/mol. The Bertz CT molecular complexity index is 485. The minimum Gasteiger partial charge on any atom is -0.493 e. The van der Waals surface area contributed by atoms with E-state index in [-0.39, 0.29) is 11.7 Å². The van der Waals surface area contributed by atoms with E-state index >= 15 is 0 Å². The Hall–Kier alpha value is -0.956. The second kappa shape index (κ2) is 10.0. The molecule has 0 fully saturated rings. The van der Waals surface area contributed by atoms with Crippen molar-refractivity contribution in [3.63, 3.8) is 0 Å². The Balaban J connectivity index is 2.66. The predicted octanol–water partition coefficient (Wildman–Crippen LogP) is 3.55. The standard InChI is InChI=1S/C17H26O4Si2/c1-6-13-7-8-15(14(11-13)12-18)19-10-9-17(2,3)16(20-22-4)21-23-5/h7-8,11-12,16H,6,9-10H2,1-5H3. The molecule has 0 aliphatic rings. The van der Waals surface area contributed by atoms with E-state index < -0.39 is 0 Å². The maximum absolute atomic E-state index is 11.2. The molecule has 4 radical (unpaired) electrons. The van der Waals surface area contributed by atoms with Gasteiger partial charge in [-0.3, -0.25) is 4.79 Å². The summed E-state index contributed by atoms with van der Waals surface area (Å²) in [7, 11) is 0.776. The van der Waals surface area contributed by atoms with Gasteiger partial charge in [-0.05, 0) is 43.6 Å². The molecule has 0 unspecified atom stereocenters. The average Bonchev–Trinajstić information content (AvgIpc) is 2.54. The number of rotatable bonds is 11. The van der Waals surface area contributed by atoms with Crippen molar-refractivity contribution >= 4 is 25.8 Å². The maximum Gasteiger partial charge on any atom is 0.229 e. The zero-order valence-electron chi connectivity index (χ0n) is 14.6. The molecule has 0 aliphatic carbocycles. The molecule has 0 amide bonds. The number of aryl methyl sites for hydroxylation is 1. The number of benzene rings is 1. The summed E-state index contributed by atoms with van der Waals surface area (Å²) in [6, 6.07) is 5.76. The molecule has 4 nitrogen and oxygen atoms in total. The molecule has 0 saturated carbocycles. The SMILES string of the molecule is CCc1ccc(OCCC(C)(C)C(O[Si]C)O[Si]C)c(C=O)c1. The summed E-state index contributed by atoms with van der Waals surface area (Å²) in [6.07, 6.45) is 2.30. The maximum atomic E-state index is 11.2. The van der Waals surface area contributed by atoms with Crippen molar-refractivity contribution in [2.75, 3.05) is 6.61 Å². The first-order valence-corrected chi connectivity index (χ1v) is 10.7. The van der Waals surface area contributed by atoms with Gasteiger partial charge in [-0.1, -0.05) is 26.8 Å². The van der Waals surface area contributed by atoms with E-state index in [1.54, 1.807) is 0 Å². The molecule has 1 rings (SSSR count). The van der Waals surface area contributed by atoms with Gasteiger partial charge in [-0.2, -0.15) is 0 Å². The lowest BCUT2D eigenvalue weighted by atomic mass is 9.89. The Kier molecular flexibility index (Phi) is 8.75. The second-order valence-corrected chi connectivity index (χ2v) is 7.19. The summed E-state index contributed by atoms with van der Waals surface area (Å²) in [5, 5.41) is 0. The predicted molar refractivity (Wildman–Crippen MR) is 94.3 cm³/mol. The van der Waals surface area contributed by atoms with Crippen LogP contribution < -0.4 is 4.74 Å². The van der Waals surface area contributed by atoms with Crippen LogP contribution >= 0.6 is 0 Å². The molecule has 0 spiro atoms. The fourth-order valence-electron chi connectivity index (χ4n) is 2.14. The molecule has 0 aliphatic heterocycles. The van der Waals surface area contributed by atoms with Gasteiger partial charge < -0.3 is 13.6 Å². The van der Waals surface area contributed by atoms with E-state index in [2.05, 4.69) is 20.8 Å². The minimum absolute atomic E-state index is 0.156. The van der Waals surface area contributed by atoms with Crippen molar-refractivity contribution in [1.82, 2.24) is 0 Å². The van der Waals surface area contributed by atoms with Crippen molar-refractivity contribution in [1.29, 1.82) is 0 Å². The number of carbonyl (C=O) groups is 1. The molecular formula is C17H26O4Si2. The third-order valence-electron chi connectivity index (χ3n) is 3.70. The van der Waals surface area contributed by atoms with Crippen LogP contribution in [0.4, 0.5) is 0 Å². The summed E-state index contributed by atoms with van der Waals surface area (Å²) in [5.41, 5.74) is 1.59. The molecule has 23 heavy (non-hydrogen) atoms. The highest BCUT2D eigenvalue weighted by Crippen LogP contribution is 2.29. The van der Waals surface area contributed by atoms with Gasteiger partial charge in [0.2, 0.25) is 19.5 Å². The lowest BCUT2D eigenvalue weighted by Gasteiger charge is -2.34. The fourth-order valence-corrected chi connectivity index (χ4v) is 3.40. The van der Waals surface area contributed by atoms with Crippen LogP contribution in [0.15, 0.2) is 18.2 Å². The summed E-state index contributed by atoms with van der Waals surface area (Å²) in [6.45, 7) is 10.8. The van der Waals surface area contributed by atoms with Crippen LogP contribution in [-0.2, 0) is 15.3 Å². The molecule has 1 aromatic carbocycles. The van der Waals surface area contributed by atoms with Crippen LogP contribution in [0, 0.1) is 5.41 Å². The molecule has 126 valence electrons. The van der Waals surface area contributed by atoms with Gasteiger partial charge in [0.15, 0.2) is 6.29 Å². The normalized spacial score (nSPS) is 11.7. The van der Waals surface area contributed by atoms with Crippen LogP contribution in [0.2, 0.25) is 13.1 Å². The Morgan fingerprint density at radius 2 is 1.87 bits per heavy atom. The van der Waals surface area contributed by atoms with E-state index in [9.17, 15) is 4.79 Å². The van der Waals surface area contributed by atoms with E-state index in [0.29, 0.717) is 37.4 Å². The summed E-state index contributed by atoms with van der Waals surface area (Å²) in [4.78, 5) is 11.2. The minimum atomic E-state index is -0.231. The van der Waals surface area contributed by atoms with Gasteiger partial charge in [0, 0.05) is 5.41 Å². The van der Waals surface area contributed by atoms with Crippen LogP contribution in [0.25, 0.3) is 0 Å². The van der Waals surface area contributed by atoms with Crippen molar-refractivity contribution in [3.8, 4) is 5.75 Å². The smallest absolute Gasteiger partial charge is 0.229 e. The van der Waals surface area contributed by atoms with Crippen LogP contribution in [0.5, 0.6) is 5.75 Å². The number of carbonyl (C=O) groups excluding carboxylic acids is 1. The zero-order chi connectivity index (χ0) is 17.3. The van der Waals surface area contributed by atoms with Crippen molar-refractivity contribution in [2.24, 2.45) is 5.41 Å². The molecule has 1 aromatic rings. The van der Waals surface area contributed by atoms with Crippen molar-refractivity contribution in [2.45, 2.75) is 53.0 Å². The summed E-state index contributed by atoms with van der Waals surface area (Å²) < 4.78 is 17.3. The first-order chi connectivity index (χ1) is 11.0. The van der Waals surface area contributed by atoms with E-state index in [0.717, 1.165) is 24.7 Å². The number of ether oxygens (including phenoxy) is 1. The number of hydrogen-bond acceptors (Lipinski definition) is 4. The average molecular weight is 351 g/mol. The van der Waals surface area contributed by atoms with E-state index in [1.165, 1.54) is 0 Å². The molecule has 6 heteroatoms. The summed E-state index contributed by atoms with van der Waals surface area (Å²) >= 11 is 0. The highest BCUT2D eigenvalue weighted by Gasteiger charge is 2.30. The van der Waals surface area contributed by atoms with Gasteiger partial charge >= 0.3 is 0 Å². The lowest BCUT2D eigenvalue weighted by Crippen LogP contribution is -2.37. The lowest BCUT2D eigenvalue weighted by molar-refractivity contribution is -0.0854. The van der Waals surface area contributed by atoms with Crippen LogP contribution in [-0.4, -0.2) is 38.7 Å². The Morgan fingerprint density at radius 1 is 1.22 bits per heavy atom. The first kappa shape index (κ1) is 20.1. The fraction of sp³-hybridized carbons (Fsp3) is 0.588. The molecule has 0 saturated heterocycles. The van der Waals surface area contributed by atoms with Gasteiger partial charge in [0.25, 0.3) is 0 Å². The van der Waals surface area contributed by atoms with Gasteiger partial charge in [-0.25, -0.2) is 0 Å². The topological polar surface area (TPSA) is 44.8 Å². The highest BCUT2D eigenvalue weighted by atomic mass is 28.2. The van der Waals surface area contributed by atoms with Crippen LogP contribution in [0.1, 0.15) is 43.1 Å². The quantitative estimate of drug-likeness (QED) is 0.348. The highest BCUT2D eigenvalue weighted by molar-refractivity contribution is 6.26. The van der Waals surface area contributed by atoms with E-state index in [1.807, 2.05) is 31.3 Å². The van der Waals surface area contributed by atoms with Gasteiger partial charge in [-0.15, -0.1) is 0 Å². The largest absolute Gasteiger partial charge is 0.493 e. The van der Waals surface area contributed by atoms with E-state index in [4.69, 9.17) is 13.6 Å². The zero-order valence-corrected chi connectivity index (χ0v) is 16.6. The van der Waals surface area contributed by atoms with Gasteiger partial charge in [0.1, 0.15) is 12.0 Å². The second-order valence-electron chi connectivity index (χ2n) is 5.91. The van der Waals surface area contributed by atoms with Crippen molar-refractivity contribution in [3.05, 3.63) is 29.3 Å². The Morgan fingerprint density at radius 3 is 2.39 bits per heavy atom.